The minimum atomic E-state index is -0.418. The fraction of sp³-hybridized carbons (Fsp3) is 0.588. The second kappa shape index (κ2) is 6.42. The highest BCUT2D eigenvalue weighted by molar-refractivity contribution is 7.15. The van der Waals surface area contributed by atoms with Crippen LogP contribution in [0.3, 0.4) is 0 Å². The average Bonchev–Trinajstić information content (AvgIpc) is 3.30. The van der Waals surface area contributed by atoms with E-state index in [-0.39, 0.29) is 11.8 Å². The number of hydrogen-bond acceptors (Lipinski definition) is 5. The number of imidazole rings is 1. The van der Waals surface area contributed by atoms with Gasteiger partial charge >= 0.3 is 0 Å². The minimum Gasteiger partial charge on any atom is -0.383 e. The highest BCUT2D eigenvalue weighted by Gasteiger charge is 2.49. The SMILES string of the molecule is COCCN1CCC[C@@]2(CCN(C(=O)c3cn4ccsc4n3)C2)C1=O. The van der Waals surface area contributed by atoms with Crippen molar-refractivity contribution in [3.8, 4) is 0 Å². The summed E-state index contributed by atoms with van der Waals surface area (Å²) in [6.07, 6.45) is 6.25. The zero-order chi connectivity index (χ0) is 17.4. The monoisotopic (exact) mass is 362 g/mol. The molecule has 7 nitrogen and oxygen atoms in total. The van der Waals surface area contributed by atoms with Gasteiger partial charge in [0.05, 0.1) is 12.0 Å². The predicted octanol–water partition coefficient (Wildman–Crippen LogP) is 1.50. The first-order valence-electron chi connectivity index (χ1n) is 8.63. The number of thiazole rings is 1. The van der Waals surface area contributed by atoms with Crippen molar-refractivity contribution in [1.82, 2.24) is 19.2 Å². The van der Waals surface area contributed by atoms with Gasteiger partial charge in [-0.1, -0.05) is 0 Å². The number of carbonyl (C=O) groups excluding carboxylic acids is 2. The molecule has 4 rings (SSSR count). The number of piperidine rings is 1. The molecule has 0 aliphatic carbocycles. The number of likely N-dealkylation sites (tertiary alicyclic amines) is 2. The van der Waals surface area contributed by atoms with Crippen LogP contribution in [-0.4, -0.2) is 70.9 Å². The molecule has 0 unspecified atom stereocenters. The standard InChI is InChI=1S/C17H22N4O3S/c1-24-9-7-19-5-2-3-17(15(19)23)4-6-21(12-17)14(22)13-11-20-8-10-25-16(20)18-13/h8,10-11H,2-7,9,12H2,1H3/t17-/m0/s1. The molecule has 0 aromatic carbocycles. The average molecular weight is 362 g/mol. The van der Waals surface area contributed by atoms with E-state index < -0.39 is 5.41 Å². The van der Waals surface area contributed by atoms with E-state index in [1.807, 2.05) is 20.9 Å². The van der Waals surface area contributed by atoms with Crippen LogP contribution in [0.4, 0.5) is 0 Å². The molecule has 2 amide bonds. The largest absolute Gasteiger partial charge is 0.383 e. The molecule has 2 aliphatic heterocycles. The number of rotatable bonds is 4. The molecule has 134 valence electrons. The number of aromatic nitrogens is 2. The second-order valence-corrected chi connectivity index (χ2v) is 7.74. The van der Waals surface area contributed by atoms with Crippen LogP contribution in [0.15, 0.2) is 17.8 Å². The molecule has 2 aromatic rings. The van der Waals surface area contributed by atoms with Crippen molar-refractivity contribution >= 4 is 28.1 Å². The Labute approximate surface area is 150 Å². The van der Waals surface area contributed by atoms with E-state index >= 15 is 0 Å². The van der Waals surface area contributed by atoms with Crippen molar-refractivity contribution in [2.24, 2.45) is 5.41 Å². The van der Waals surface area contributed by atoms with E-state index in [0.29, 0.717) is 31.9 Å². The molecule has 0 N–H and O–H groups in total. The molecule has 8 heteroatoms. The van der Waals surface area contributed by atoms with Crippen LogP contribution < -0.4 is 0 Å². The van der Waals surface area contributed by atoms with E-state index in [1.165, 1.54) is 11.3 Å². The highest BCUT2D eigenvalue weighted by Crippen LogP contribution is 2.40. The molecule has 2 fully saturated rings. The molecule has 0 bridgehead atoms. The van der Waals surface area contributed by atoms with Crippen LogP contribution in [0.5, 0.6) is 0 Å². The van der Waals surface area contributed by atoms with Crippen molar-refractivity contribution in [1.29, 1.82) is 0 Å². The van der Waals surface area contributed by atoms with Gasteiger partial charge in [-0.15, -0.1) is 11.3 Å². The van der Waals surface area contributed by atoms with Gasteiger partial charge in [0.25, 0.3) is 5.91 Å². The summed E-state index contributed by atoms with van der Waals surface area (Å²) in [5, 5.41) is 1.94. The Morgan fingerprint density at radius 1 is 1.40 bits per heavy atom. The summed E-state index contributed by atoms with van der Waals surface area (Å²) in [6, 6.07) is 0. The number of nitrogens with zero attached hydrogens (tertiary/aromatic N) is 4. The van der Waals surface area contributed by atoms with Gasteiger partial charge < -0.3 is 14.5 Å². The maximum Gasteiger partial charge on any atom is 0.274 e. The Hall–Kier alpha value is -1.93. The zero-order valence-electron chi connectivity index (χ0n) is 14.3. The second-order valence-electron chi connectivity index (χ2n) is 6.86. The minimum absolute atomic E-state index is 0.0745. The van der Waals surface area contributed by atoms with E-state index in [1.54, 1.807) is 18.2 Å². The van der Waals surface area contributed by atoms with Crippen LogP contribution in [0, 0.1) is 5.41 Å². The molecule has 2 aromatic heterocycles. The molecule has 2 aliphatic rings. The van der Waals surface area contributed by atoms with Crippen LogP contribution in [0.2, 0.25) is 0 Å². The molecule has 1 atom stereocenters. The summed E-state index contributed by atoms with van der Waals surface area (Å²) < 4.78 is 6.98. The maximum absolute atomic E-state index is 13.0. The smallest absolute Gasteiger partial charge is 0.274 e. The third-order valence-electron chi connectivity index (χ3n) is 5.34. The van der Waals surface area contributed by atoms with Gasteiger partial charge in [-0.2, -0.15) is 0 Å². The quantitative estimate of drug-likeness (QED) is 0.827. The first kappa shape index (κ1) is 16.5. The normalized spacial score (nSPS) is 24.0. The number of methoxy groups -OCH3 is 1. The van der Waals surface area contributed by atoms with E-state index in [0.717, 1.165) is 30.8 Å². The molecular weight excluding hydrogens is 340 g/mol. The topological polar surface area (TPSA) is 67.2 Å². The van der Waals surface area contributed by atoms with Crippen molar-refractivity contribution in [3.05, 3.63) is 23.5 Å². The third-order valence-corrected chi connectivity index (χ3v) is 6.11. The van der Waals surface area contributed by atoms with Crippen LogP contribution in [0.25, 0.3) is 4.96 Å². The fourth-order valence-electron chi connectivity index (χ4n) is 3.98. The van der Waals surface area contributed by atoms with Crippen molar-refractivity contribution in [3.63, 3.8) is 0 Å². The lowest BCUT2D eigenvalue weighted by Crippen LogP contribution is -2.51. The number of fused-ring (bicyclic) bond motifs is 1. The Kier molecular flexibility index (Phi) is 4.24. The molecular formula is C17H22N4O3S. The number of ether oxygens (including phenoxy) is 1. The molecule has 1 spiro atoms. The number of carbonyl (C=O) groups is 2. The first-order valence-corrected chi connectivity index (χ1v) is 9.51. The van der Waals surface area contributed by atoms with E-state index in [4.69, 9.17) is 4.74 Å². The molecule has 2 saturated heterocycles. The predicted molar refractivity (Wildman–Crippen MR) is 93.7 cm³/mol. The summed E-state index contributed by atoms with van der Waals surface area (Å²) in [5.41, 5.74) is 0.0436. The summed E-state index contributed by atoms with van der Waals surface area (Å²) in [5.74, 6) is 0.103. The molecule has 0 radical (unpaired) electrons. The van der Waals surface area contributed by atoms with Gasteiger partial charge in [0.15, 0.2) is 4.96 Å². The Balaban J connectivity index is 1.48. The molecule has 4 heterocycles. The van der Waals surface area contributed by atoms with Crippen molar-refractivity contribution in [2.75, 3.05) is 39.9 Å². The van der Waals surface area contributed by atoms with Crippen molar-refractivity contribution < 1.29 is 14.3 Å². The lowest BCUT2D eigenvalue weighted by molar-refractivity contribution is -0.146. The van der Waals surface area contributed by atoms with Gasteiger partial charge in [0.1, 0.15) is 5.69 Å². The van der Waals surface area contributed by atoms with Crippen molar-refractivity contribution in [2.45, 2.75) is 19.3 Å². The van der Waals surface area contributed by atoms with Gasteiger partial charge in [-0.25, -0.2) is 4.98 Å². The zero-order valence-corrected chi connectivity index (χ0v) is 15.1. The van der Waals surface area contributed by atoms with Gasteiger partial charge in [0, 0.05) is 51.1 Å². The summed E-state index contributed by atoms with van der Waals surface area (Å²) in [6.45, 7) is 3.08. The lowest BCUT2D eigenvalue weighted by Gasteiger charge is -2.39. The Morgan fingerprint density at radius 2 is 2.28 bits per heavy atom. The molecule has 25 heavy (non-hydrogen) atoms. The van der Waals surface area contributed by atoms with E-state index in [9.17, 15) is 9.59 Å². The first-order chi connectivity index (χ1) is 12.1. The summed E-state index contributed by atoms with van der Waals surface area (Å²) in [4.78, 5) is 34.7. The number of hydrogen-bond donors (Lipinski definition) is 0. The third kappa shape index (κ3) is 2.83. The van der Waals surface area contributed by atoms with E-state index in [2.05, 4.69) is 4.98 Å². The summed E-state index contributed by atoms with van der Waals surface area (Å²) >= 11 is 1.51. The van der Waals surface area contributed by atoms with Gasteiger partial charge in [-0.3, -0.25) is 14.0 Å². The number of amides is 2. The molecule has 0 saturated carbocycles. The summed E-state index contributed by atoms with van der Waals surface area (Å²) in [7, 11) is 1.65. The van der Waals surface area contributed by atoms with Crippen LogP contribution in [-0.2, 0) is 9.53 Å². The van der Waals surface area contributed by atoms with Gasteiger partial charge in [-0.05, 0) is 19.3 Å². The Morgan fingerprint density at radius 3 is 3.08 bits per heavy atom. The Bertz CT molecular complexity index is 772. The maximum atomic E-state index is 13.0. The fourth-order valence-corrected chi connectivity index (χ4v) is 4.68. The lowest BCUT2D eigenvalue weighted by atomic mass is 9.78. The highest BCUT2D eigenvalue weighted by atomic mass is 32.1. The van der Waals surface area contributed by atoms with Gasteiger partial charge in [0.2, 0.25) is 5.91 Å². The van der Waals surface area contributed by atoms with Crippen LogP contribution >= 0.6 is 11.3 Å². The van der Waals surface area contributed by atoms with Crippen LogP contribution in [0.1, 0.15) is 29.8 Å².